The van der Waals surface area contributed by atoms with Gasteiger partial charge in [-0.1, -0.05) is 25.2 Å². The van der Waals surface area contributed by atoms with Gasteiger partial charge < -0.3 is 5.32 Å². The van der Waals surface area contributed by atoms with Gasteiger partial charge in [0.25, 0.3) is 0 Å². The highest BCUT2D eigenvalue weighted by molar-refractivity contribution is 7.15. The molecule has 0 atom stereocenters. The van der Waals surface area contributed by atoms with Crippen LogP contribution >= 0.6 is 11.3 Å². The molecule has 0 aliphatic carbocycles. The zero-order chi connectivity index (χ0) is 14.0. The molecule has 2 rings (SSSR count). The third-order valence-corrected chi connectivity index (χ3v) is 3.88. The zero-order valence-electron chi connectivity index (χ0n) is 12.1. The van der Waals surface area contributed by atoms with Crippen molar-refractivity contribution in [3.8, 4) is 0 Å². The van der Waals surface area contributed by atoms with E-state index in [-0.39, 0.29) is 5.54 Å². The predicted octanol–water partition coefficient (Wildman–Crippen LogP) is 3.23. The molecule has 6 heteroatoms. The summed E-state index contributed by atoms with van der Waals surface area (Å²) in [4.78, 5) is 0. The maximum atomic E-state index is 4.38. The van der Waals surface area contributed by atoms with Crippen molar-refractivity contribution in [3.05, 3.63) is 23.0 Å². The molecule has 1 N–H and O–H groups in total. The number of anilines is 1. The van der Waals surface area contributed by atoms with E-state index in [2.05, 4.69) is 61.4 Å². The van der Waals surface area contributed by atoms with Crippen molar-refractivity contribution in [2.45, 2.75) is 52.6 Å². The molecular weight excluding hydrogens is 258 g/mol. The lowest BCUT2D eigenvalue weighted by Crippen LogP contribution is -2.21. The minimum absolute atomic E-state index is 0.0196. The van der Waals surface area contributed by atoms with Gasteiger partial charge in [-0.2, -0.15) is 5.10 Å². The van der Waals surface area contributed by atoms with Crippen LogP contribution < -0.4 is 5.32 Å². The quantitative estimate of drug-likeness (QED) is 0.933. The molecule has 0 aliphatic heterocycles. The standard InChI is InChI=1S/C13H21N5S/c1-9(2)11-16-17-12(19-11)14-6-10-7-15-18(8-10)13(3,4)5/h7-9H,6H2,1-5H3,(H,14,17). The van der Waals surface area contributed by atoms with Crippen LogP contribution in [0.3, 0.4) is 0 Å². The fourth-order valence-electron chi connectivity index (χ4n) is 1.54. The third kappa shape index (κ3) is 3.53. The number of nitrogens with zero attached hydrogens (tertiary/aromatic N) is 4. The van der Waals surface area contributed by atoms with E-state index in [1.54, 1.807) is 11.3 Å². The van der Waals surface area contributed by atoms with Crippen molar-refractivity contribution < 1.29 is 0 Å². The summed E-state index contributed by atoms with van der Waals surface area (Å²) in [5, 5.41) is 17.9. The van der Waals surface area contributed by atoms with E-state index in [0.717, 1.165) is 22.2 Å². The summed E-state index contributed by atoms with van der Waals surface area (Å²) in [5.74, 6) is 0.427. The normalized spacial score (nSPS) is 12.1. The lowest BCUT2D eigenvalue weighted by molar-refractivity contribution is 0.355. The summed E-state index contributed by atoms with van der Waals surface area (Å²) in [6.45, 7) is 11.4. The lowest BCUT2D eigenvalue weighted by atomic mass is 10.1. The average Bonchev–Trinajstić information content (AvgIpc) is 2.95. The molecule has 0 amide bonds. The van der Waals surface area contributed by atoms with Gasteiger partial charge in [-0.25, -0.2) is 0 Å². The molecule has 5 nitrogen and oxygen atoms in total. The molecule has 0 saturated carbocycles. The van der Waals surface area contributed by atoms with E-state index >= 15 is 0 Å². The molecule has 0 saturated heterocycles. The first kappa shape index (κ1) is 14.0. The van der Waals surface area contributed by atoms with E-state index in [4.69, 9.17) is 0 Å². The van der Waals surface area contributed by atoms with Crippen LogP contribution in [0.25, 0.3) is 0 Å². The van der Waals surface area contributed by atoms with Crippen LogP contribution in [0.4, 0.5) is 5.13 Å². The van der Waals surface area contributed by atoms with Crippen molar-refractivity contribution in [1.82, 2.24) is 20.0 Å². The number of rotatable bonds is 4. The van der Waals surface area contributed by atoms with E-state index in [1.165, 1.54) is 0 Å². The summed E-state index contributed by atoms with van der Waals surface area (Å²) in [7, 11) is 0. The SMILES string of the molecule is CC(C)c1nnc(NCc2cnn(C(C)(C)C)c2)s1. The Balaban J connectivity index is 1.96. The van der Waals surface area contributed by atoms with E-state index < -0.39 is 0 Å². The smallest absolute Gasteiger partial charge is 0.205 e. The fourth-order valence-corrected chi connectivity index (χ4v) is 2.28. The summed E-state index contributed by atoms with van der Waals surface area (Å²) >= 11 is 1.61. The minimum Gasteiger partial charge on any atom is -0.356 e. The molecular formula is C13H21N5S. The Kier molecular flexibility index (Phi) is 3.89. The van der Waals surface area contributed by atoms with Crippen molar-refractivity contribution in [2.24, 2.45) is 0 Å². The van der Waals surface area contributed by atoms with Gasteiger partial charge in [0.1, 0.15) is 5.01 Å². The molecule has 0 aromatic carbocycles. The molecule has 0 aliphatic rings. The van der Waals surface area contributed by atoms with Gasteiger partial charge in [0, 0.05) is 24.2 Å². The van der Waals surface area contributed by atoms with Crippen LogP contribution in [0, 0.1) is 0 Å². The van der Waals surface area contributed by atoms with Crippen molar-refractivity contribution in [3.63, 3.8) is 0 Å². The molecule has 0 unspecified atom stereocenters. The second-order valence-electron chi connectivity index (χ2n) is 5.92. The average molecular weight is 279 g/mol. The van der Waals surface area contributed by atoms with Crippen molar-refractivity contribution in [1.29, 1.82) is 0 Å². The van der Waals surface area contributed by atoms with Crippen LogP contribution in [0.15, 0.2) is 12.4 Å². The van der Waals surface area contributed by atoms with Crippen LogP contribution in [0.2, 0.25) is 0 Å². The number of hydrogen-bond acceptors (Lipinski definition) is 5. The van der Waals surface area contributed by atoms with Crippen LogP contribution in [0.1, 0.15) is 51.1 Å². The first-order valence-corrected chi connectivity index (χ1v) is 7.29. The molecule has 2 aromatic heterocycles. The Bertz CT molecular complexity index is 535. The van der Waals surface area contributed by atoms with Gasteiger partial charge in [-0.15, -0.1) is 10.2 Å². The third-order valence-electron chi connectivity index (χ3n) is 2.70. The highest BCUT2D eigenvalue weighted by Gasteiger charge is 2.14. The number of hydrogen-bond donors (Lipinski definition) is 1. The first-order chi connectivity index (χ1) is 8.86. The van der Waals surface area contributed by atoms with E-state index in [9.17, 15) is 0 Å². The van der Waals surface area contributed by atoms with Gasteiger partial charge in [0.15, 0.2) is 0 Å². The van der Waals surface area contributed by atoms with Crippen LogP contribution in [-0.2, 0) is 12.1 Å². The molecule has 0 bridgehead atoms. The van der Waals surface area contributed by atoms with Crippen molar-refractivity contribution >= 4 is 16.5 Å². The monoisotopic (exact) mass is 279 g/mol. The fraction of sp³-hybridized carbons (Fsp3) is 0.615. The van der Waals surface area contributed by atoms with Gasteiger partial charge in [0.05, 0.1) is 11.7 Å². The Morgan fingerprint density at radius 2 is 2.05 bits per heavy atom. The Morgan fingerprint density at radius 1 is 1.32 bits per heavy atom. The largest absolute Gasteiger partial charge is 0.356 e. The van der Waals surface area contributed by atoms with E-state index in [1.807, 2.05) is 10.9 Å². The highest BCUT2D eigenvalue weighted by Crippen LogP contribution is 2.23. The number of aromatic nitrogens is 4. The van der Waals surface area contributed by atoms with Gasteiger partial charge in [-0.05, 0) is 20.8 Å². The summed E-state index contributed by atoms with van der Waals surface area (Å²) < 4.78 is 1.98. The summed E-state index contributed by atoms with van der Waals surface area (Å²) in [5.41, 5.74) is 1.17. The van der Waals surface area contributed by atoms with Crippen LogP contribution in [0.5, 0.6) is 0 Å². The molecule has 2 heterocycles. The Labute approximate surface area is 118 Å². The molecule has 2 aromatic rings. The maximum Gasteiger partial charge on any atom is 0.205 e. The van der Waals surface area contributed by atoms with Gasteiger partial charge >= 0.3 is 0 Å². The summed E-state index contributed by atoms with van der Waals surface area (Å²) in [6.07, 6.45) is 3.96. The lowest BCUT2D eigenvalue weighted by Gasteiger charge is -2.18. The van der Waals surface area contributed by atoms with E-state index in [0.29, 0.717) is 5.92 Å². The Hall–Kier alpha value is -1.43. The van der Waals surface area contributed by atoms with Crippen molar-refractivity contribution in [2.75, 3.05) is 5.32 Å². The Morgan fingerprint density at radius 3 is 2.58 bits per heavy atom. The highest BCUT2D eigenvalue weighted by atomic mass is 32.1. The predicted molar refractivity (Wildman–Crippen MR) is 78.5 cm³/mol. The van der Waals surface area contributed by atoms with Gasteiger partial charge in [-0.3, -0.25) is 4.68 Å². The summed E-state index contributed by atoms with van der Waals surface area (Å²) in [6, 6.07) is 0. The minimum atomic E-state index is 0.0196. The topological polar surface area (TPSA) is 55.6 Å². The van der Waals surface area contributed by atoms with Crippen LogP contribution in [-0.4, -0.2) is 20.0 Å². The molecule has 0 spiro atoms. The number of nitrogens with one attached hydrogen (secondary N) is 1. The first-order valence-electron chi connectivity index (χ1n) is 6.47. The second kappa shape index (κ2) is 5.28. The van der Waals surface area contributed by atoms with Gasteiger partial charge in [0.2, 0.25) is 5.13 Å². The second-order valence-corrected chi connectivity index (χ2v) is 6.93. The molecule has 0 radical (unpaired) electrons. The molecule has 104 valence electrons. The molecule has 19 heavy (non-hydrogen) atoms. The zero-order valence-corrected chi connectivity index (χ0v) is 13.0. The maximum absolute atomic E-state index is 4.38. The molecule has 0 fully saturated rings.